The lowest BCUT2D eigenvalue weighted by molar-refractivity contribution is 0.0707. The molecule has 0 saturated carbocycles. The maximum absolute atomic E-state index is 13.3. The van der Waals surface area contributed by atoms with Crippen LogP contribution in [0.2, 0.25) is 0 Å². The Balaban J connectivity index is 1.47. The number of nitrogens with zero attached hydrogens (tertiary/aromatic N) is 3. The van der Waals surface area contributed by atoms with E-state index in [1.165, 1.54) is 12.1 Å². The molecule has 1 amide bonds. The average molecular weight is 324 g/mol. The van der Waals surface area contributed by atoms with Crippen molar-refractivity contribution in [3.8, 4) is 0 Å². The van der Waals surface area contributed by atoms with Crippen LogP contribution in [0.4, 0.5) is 4.39 Å². The number of fused-ring (bicyclic) bond motifs is 1. The van der Waals surface area contributed by atoms with Crippen LogP contribution in [0.25, 0.3) is 10.9 Å². The van der Waals surface area contributed by atoms with Crippen molar-refractivity contribution in [1.82, 2.24) is 19.9 Å². The number of H-pyrrole nitrogens is 1. The second-order valence-electron chi connectivity index (χ2n) is 6.11. The normalized spacial score (nSPS) is 15.8. The minimum Gasteiger partial charge on any atom is -0.350 e. The Morgan fingerprint density at radius 3 is 2.79 bits per heavy atom. The Morgan fingerprint density at radius 1 is 1.21 bits per heavy atom. The lowest BCUT2D eigenvalue weighted by Gasteiger charge is -2.31. The Kier molecular flexibility index (Phi) is 3.72. The summed E-state index contributed by atoms with van der Waals surface area (Å²) in [4.78, 5) is 26.0. The molecule has 0 atom stereocenters. The van der Waals surface area contributed by atoms with E-state index in [1.807, 2.05) is 4.90 Å². The molecule has 0 bridgehead atoms. The first-order valence-electron chi connectivity index (χ1n) is 8.04. The van der Waals surface area contributed by atoms with Crippen LogP contribution in [-0.2, 0) is 0 Å². The number of benzene rings is 1. The highest BCUT2D eigenvalue weighted by Crippen LogP contribution is 2.27. The Bertz CT molecular complexity index is 869. The second-order valence-corrected chi connectivity index (χ2v) is 6.11. The Hall–Kier alpha value is -2.76. The van der Waals surface area contributed by atoms with Crippen molar-refractivity contribution in [2.75, 3.05) is 13.1 Å². The number of aromatic nitrogens is 3. The zero-order chi connectivity index (χ0) is 16.5. The summed E-state index contributed by atoms with van der Waals surface area (Å²) in [5.41, 5.74) is 2.15. The maximum atomic E-state index is 13.3. The highest BCUT2D eigenvalue weighted by Gasteiger charge is 2.26. The zero-order valence-electron chi connectivity index (χ0n) is 13.1. The van der Waals surface area contributed by atoms with Crippen LogP contribution in [0, 0.1) is 5.82 Å². The average Bonchev–Trinajstić information content (AvgIpc) is 3.05. The van der Waals surface area contributed by atoms with Gasteiger partial charge in [0.15, 0.2) is 0 Å². The molecule has 5 nitrogen and oxygen atoms in total. The molecule has 0 unspecified atom stereocenters. The number of carbonyl (C=O) groups excluding carboxylic acids is 1. The topological polar surface area (TPSA) is 61.9 Å². The van der Waals surface area contributed by atoms with Gasteiger partial charge in [-0.15, -0.1) is 0 Å². The number of nitrogens with one attached hydrogen (secondary N) is 1. The Labute approximate surface area is 138 Å². The van der Waals surface area contributed by atoms with Crippen molar-refractivity contribution in [3.63, 3.8) is 0 Å². The third-order valence-corrected chi connectivity index (χ3v) is 4.60. The van der Waals surface area contributed by atoms with Crippen LogP contribution >= 0.6 is 0 Å². The fourth-order valence-corrected chi connectivity index (χ4v) is 3.28. The number of likely N-dealkylation sites (tertiary alicyclic amines) is 1. The summed E-state index contributed by atoms with van der Waals surface area (Å²) >= 11 is 0. The van der Waals surface area contributed by atoms with Crippen molar-refractivity contribution < 1.29 is 9.18 Å². The number of carbonyl (C=O) groups is 1. The molecule has 1 aromatic carbocycles. The monoisotopic (exact) mass is 324 g/mol. The maximum Gasteiger partial charge on any atom is 0.270 e. The smallest absolute Gasteiger partial charge is 0.270 e. The van der Waals surface area contributed by atoms with Crippen LogP contribution in [0.15, 0.2) is 42.9 Å². The minimum atomic E-state index is -0.312. The molecule has 0 spiro atoms. The summed E-state index contributed by atoms with van der Waals surface area (Å²) in [7, 11) is 0. The van der Waals surface area contributed by atoms with Crippen molar-refractivity contribution in [3.05, 3.63) is 60.1 Å². The predicted octanol–water partition coefficient (Wildman–Crippen LogP) is 3.12. The number of aromatic amines is 1. The van der Waals surface area contributed by atoms with Crippen molar-refractivity contribution in [2.24, 2.45) is 0 Å². The van der Waals surface area contributed by atoms with Crippen molar-refractivity contribution >= 4 is 16.8 Å². The molecule has 122 valence electrons. The highest BCUT2D eigenvalue weighted by molar-refractivity contribution is 5.98. The second kappa shape index (κ2) is 6.03. The molecule has 6 heteroatoms. The van der Waals surface area contributed by atoms with E-state index in [9.17, 15) is 9.18 Å². The van der Waals surface area contributed by atoms with E-state index in [-0.39, 0.29) is 11.7 Å². The highest BCUT2D eigenvalue weighted by atomic mass is 19.1. The first-order valence-corrected chi connectivity index (χ1v) is 8.04. The number of piperidine rings is 1. The van der Waals surface area contributed by atoms with E-state index in [4.69, 9.17) is 0 Å². The molecular weight excluding hydrogens is 307 g/mol. The molecule has 1 saturated heterocycles. The fraction of sp³-hybridized carbons (Fsp3) is 0.278. The van der Waals surface area contributed by atoms with E-state index >= 15 is 0 Å². The zero-order valence-corrected chi connectivity index (χ0v) is 13.1. The van der Waals surface area contributed by atoms with Gasteiger partial charge in [-0.2, -0.15) is 0 Å². The van der Waals surface area contributed by atoms with Crippen LogP contribution in [0.3, 0.4) is 0 Å². The molecule has 1 fully saturated rings. The lowest BCUT2D eigenvalue weighted by atomic mass is 9.93. The molecule has 1 aliphatic heterocycles. The molecule has 4 rings (SSSR count). The van der Waals surface area contributed by atoms with E-state index in [1.54, 1.807) is 30.7 Å². The third kappa shape index (κ3) is 2.75. The summed E-state index contributed by atoms with van der Waals surface area (Å²) in [6.07, 6.45) is 6.92. The quantitative estimate of drug-likeness (QED) is 0.788. The van der Waals surface area contributed by atoms with Gasteiger partial charge in [0.25, 0.3) is 5.91 Å². The molecule has 24 heavy (non-hydrogen) atoms. The van der Waals surface area contributed by atoms with Crippen LogP contribution in [0.1, 0.15) is 34.9 Å². The van der Waals surface area contributed by atoms with E-state index in [0.717, 1.165) is 23.9 Å². The lowest BCUT2D eigenvalue weighted by Crippen LogP contribution is -2.38. The van der Waals surface area contributed by atoms with Gasteiger partial charge in [0.1, 0.15) is 11.5 Å². The van der Waals surface area contributed by atoms with Crippen LogP contribution in [0.5, 0.6) is 0 Å². The van der Waals surface area contributed by atoms with Crippen molar-refractivity contribution in [2.45, 2.75) is 18.8 Å². The van der Waals surface area contributed by atoms with Gasteiger partial charge in [-0.1, -0.05) is 0 Å². The number of hydrogen-bond acceptors (Lipinski definition) is 3. The molecule has 1 aliphatic rings. The summed E-state index contributed by atoms with van der Waals surface area (Å²) in [5.74, 6) is -0.00287. The third-order valence-electron chi connectivity index (χ3n) is 4.60. The molecule has 0 radical (unpaired) electrons. The van der Waals surface area contributed by atoms with E-state index in [0.29, 0.717) is 30.2 Å². The fourth-order valence-electron chi connectivity index (χ4n) is 3.28. The van der Waals surface area contributed by atoms with Gasteiger partial charge in [-0.3, -0.25) is 14.8 Å². The number of hydrogen-bond donors (Lipinski definition) is 1. The van der Waals surface area contributed by atoms with Gasteiger partial charge in [0.05, 0.1) is 5.69 Å². The summed E-state index contributed by atoms with van der Waals surface area (Å²) in [6.45, 7) is 1.37. The number of rotatable bonds is 2. The predicted molar refractivity (Wildman–Crippen MR) is 88.2 cm³/mol. The molecule has 0 aliphatic carbocycles. The summed E-state index contributed by atoms with van der Waals surface area (Å²) in [5, 5.41) is 0.842. The van der Waals surface area contributed by atoms with Crippen molar-refractivity contribution in [1.29, 1.82) is 0 Å². The van der Waals surface area contributed by atoms with E-state index < -0.39 is 0 Å². The number of halogens is 1. The van der Waals surface area contributed by atoms with Gasteiger partial charge in [0.2, 0.25) is 0 Å². The summed E-state index contributed by atoms with van der Waals surface area (Å²) in [6, 6.07) is 6.27. The van der Waals surface area contributed by atoms with Gasteiger partial charge in [-0.25, -0.2) is 4.39 Å². The van der Waals surface area contributed by atoms with Gasteiger partial charge in [-0.05, 0) is 37.1 Å². The van der Waals surface area contributed by atoms with Gasteiger partial charge in [0, 0.05) is 48.5 Å². The number of amides is 1. The standard InChI is InChI=1S/C18H17FN4O/c19-14-2-1-13-9-16(22-15(13)10-14)18(24)23-7-3-12(4-8-23)17-11-20-5-6-21-17/h1-2,5-6,9-12,22H,3-4,7-8H2. The summed E-state index contributed by atoms with van der Waals surface area (Å²) < 4.78 is 13.3. The van der Waals surface area contributed by atoms with Gasteiger partial charge < -0.3 is 9.88 Å². The molecule has 3 heterocycles. The van der Waals surface area contributed by atoms with Gasteiger partial charge >= 0.3 is 0 Å². The minimum absolute atomic E-state index is 0.0378. The molecule has 2 aromatic heterocycles. The Morgan fingerprint density at radius 2 is 2.04 bits per heavy atom. The van der Waals surface area contributed by atoms with Crippen LogP contribution in [-0.4, -0.2) is 38.8 Å². The largest absolute Gasteiger partial charge is 0.350 e. The first-order chi connectivity index (χ1) is 11.7. The molecular formula is C18H17FN4O. The van der Waals surface area contributed by atoms with Crippen LogP contribution < -0.4 is 0 Å². The SMILES string of the molecule is O=C(c1cc2ccc(F)cc2[nH]1)N1CCC(c2cnccn2)CC1. The van der Waals surface area contributed by atoms with E-state index in [2.05, 4.69) is 15.0 Å². The molecule has 1 N–H and O–H groups in total. The molecule has 3 aromatic rings. The first kappa shape index (κ1) is 14.8.